The second-order valence-corrected chi connectivity index (χ2v) is 8.48. The SMILES string of the molecule is Cc1ccc(-n2c(C=Cc3c[nH]c4ccccc34)nc3ccc(I)cc3c2=O)cc1. The van der Waals surface area contributed by atoms with E-state index in [1.165, 1.54) is 0 Å². The smallest absolute Gasteiger partial charge is 0.266 e. The molecule has 2 aromatic heterocycles. The van der Waals surface area contributed by atoms with Crippen LogP contribution in [0.2, 0.25) is 0 Å². The van der Waals surface area contributed by atoms with Gasteiger partial charge in [0.1, 0.15) is 5.82 Å². The molecule has 146 valence electrons. The largest absolute Gasteiger partial charge is 0.361 e. The van der Waals surface area contributed by atoms with Crippen LogP contribution < -0.4 is 5.56 Å². The van der Waals surface area contributed by atoms with E-state index in [0.717, 1.165) is 31.3 Å². The predicted octanol–water partition coefficient (Wildman–Crippen LogP) is 5.95. The van der Waals surface area contributed by atoms with Gasteiger partial charge >= 0.3 is 0 Å². The Balaban J connectivity index is 1.73. The molecular formula is C25H18IN3O. The highest BCUT2D eigenvalue weighted by Gasteiger charge is 2.12. The molecule has 5 rings (SSSR count). The highest BCUT2D eigenvalue weighted by molar-refractivity contribution is 14.1. The number of fused-ring (bicyclic) bond motifs is 2. The van der Waals surface area contributed by atoms with Gasteiger partial charge in [-0.15, -0.1) is 0 Å². The van der Waals surface area contributed by atoms with Gasteiger partial charge in [-0.3, -0.25) is 9.36 Å². The molecule has 0 fully saturated rings. The maximum atomic E-state index is 13.4. The molecule has 2 heterocycles. The number of nitrogens with one attached hydrogen (secondary N) is 1. The van der Waals surface area contributed by atoms with Crippen molar-refractivity contribution in [3.63, 3.8) is 0 Å². The molecule has 0 radical (unpaired) electrons. The summed E-state index contributed by atoms with van der Waals surface area (Å²) in [5.41, 5.74) is 4.71. The van der Waals surface area contributed by atoms with Gasteiger partial charge in [-0.25, -0.2) is 4.98 Å². The maximum absolute atomic E-state index is 13.4. The molecule has 5 aromatic rings. The van der Waals surface area contributed by atoms with Crippen LogP contribution in [0.4, 0.5) is 0 Å². The first-order chi connectivity index (χ1) is 14.6. The van der Waals surface area contributed by atoms with Crippen LogP contribution in [-0.2, 0) is 0 Å². The zero-order valence-corrected chi connectivity index (χ0v) is 18.4. The normalized spacial score (nSPS) is 11.7. The van der Waals surface area contributed by atoms with Crippen LogP contribution in [-0.4, -0.2) is 14.5 Å². The van der Waals surface area contributed by atoms with E-state index in [0.29, 0.717) is 16.7 Å². The molecule has 0 atom stereocenters. The monoisotopic (exact) mass is 503 g/mol. The number of aryl methyl sites for hydroxylation is 1. The topological polar surface area (TPSA) is 50.7 Å². The minimum Gasteiger partial charge on any atom is -0.361 e. The average Bonchev–Trinajstić information content (AvgIpc) is 3.17. The number of aromatic amines is 1. The van der Waals surface area contributed by atoms with Crippen LogP contribution in [0.3, 0.4) is 0 Å². The Hall–Kier alpha value is -3.19. The van der Waals surface area contributed by atoms with Crippen molar-refractivity contribution in [2.24, 2.45) is 0 Å². The fourth-order valence-electron chi connectivity index (χ4n) is 3.63. The first-order valence-electron chi connectivity index (χ1n) is 9.64. The number of para-hydroxylation sites is 1. The molecule has 30 heavy (non-hydrogen) atoms. The Morgan fingerprint density at radius 2 is 1.77 bits per heavy atom. The lowest BCUT2D eigenvalue weighted by Gasteiger charge is -2.12. The Morgan fingerprint density at radius 1 is 0.967 bits per heavy atom. The molecule has 0 aliphatic heterocycles. The van der Waals surface area contributed by atoms with Crippen LogP contribution >= 0.6 is 22.6 Å². The lowest BCUT2D eigenvalue weighted by molar-refractivity contribution is 0.943. The number of H-pyrrole nitrogens is 1. The van der Waals surface area contributed by atoms with Crippen molar-refractivity contribution < 1.29 is 0 Å². The summed E-state index contributed by atoms with van der Waals surface area (Å²) in [5, 5.41) is 1.75. The van der Waals surface area contributed by atoms with Crippen LogP contribution in [0.25, 0.3) is 39.6 Å². The lowest BCUT2D eigenvalue weighted by Crippen LogP contribution is -2.22. The number of hydrogen-bond donors (Lipinski definition) is 1. The highest BCUT2D eigenvalue weighted by Crippen LogP contribution is 2.21. The van der Waals surface area contributed by atoms with Crippen molar-refractivity contribution in [2.75, 3.05) is 0 Å². The van der Waals surface area contributed by atoms with Gasteiger partial charge in [-0.05, 0) is 83.6 Å². The lowest BCUT2D eigenvalue weighted by atomic mass is 10.1. The molecule has 1 N–H and O–H groups in total. The van der Waals surface area contributed by atoms with Gasteiger partial charge in [-0.2, -0.15) is 0 Å². The number of benzene rings is 3. The Labute approximate surface area is 187 Å². The van der Waals surface area contributed by atoms with E-state index >= 15 is 0 Å². The van der Waals surface area contributed by atoms with E-state index in [-0.39, 0.29) is 5.56 Å². The summed E-state index contributed by atoms with van der Waals surface area (Å²) in [6.45, 7) is 2.03. The molecule has 5 heteroatoms. The number of halogens is 1. The molecule has 3 aromatic carbocycles. The van der Waals surface area contributed by atoms with Crippen LogP contribution in [0.5, 0.6) is 0 Å². The molecule has 0 saturated heterocycles. The van der Waals surface area contributed by atoms with Crippen LogP contribution in [0, 0.1) is 10.5 Å². The van der Waals surface area contributed by atoms with Gasteiger partial charge in [0, 0.05) is 20.7 Å². The van der Waals surface area contributed by atoms with Crippen LogP contribution in [0.1, 0.15) is 17.0 Å². The minimum absolute atomic E-state index is 0.0686. The molecule has 0 amide bonds. The quantitative estimate of drug-likeness (QED) is 0.310. The summed E-state index contributed by atoms with van der Waals surface area (Å²) >= 11 is 2.22. The van der Waals surface area contributed by atoms with Crippen molar-refractivity contribution >= 4 is 56.5 Å². The van der Waals surface area contributed by atoms with Gasteiger partial charge in [0.15, 0.2) is 0 Å². The number of aromatic nitrogens is 3. The van der Waals surface area contributed by atoms with E-state index in [1.807, 2.05) is 85.9 Å². The molecular weight excluding hydrogens is 485 g/mol. The van der Waals surface area contributed by atoms with Crippen molar-refractivity contribution in [1.82, 2.24) is 14.5 Å². The van der Waals surface area contributed by atoms with E-state index in [1.54, 1.807) is 4.57 Å². The zero-order valence-electron chi connectivity index (χ0n) is 16.3. The van der Waals surface area contributed by atoms with Gasteiger partial charge < -0.3 is 4.98 Å². The molecule has 0 saturated carbocycles. The third-order valence-electron chi connectivity index (χ3n) is 5.18. The first-order valence-corrected chi connectivity index (χ1v) is 10.7. The second-order valence-electron chi connectivity index (χ2n) is 7.23. The predicted molar refractivity (Wildman–Crippen MR) is 132 cm³/mol. The van der Waals surface area contributed by atoms with Crippen molar-refractivity contribution in [3.05, 3.63) is 104 Å². The fourth-order valence-corrected chi connectivity index (χ4v) is 4.12. The van der Waals surface area contributed by atoms with Gasteiger partial charge in [0.25, 0.3) is 5.56 Å². The molecule has 0 aliphatic rings. The molecule has 0 aliphatic carbocycles. The summed E-state index contributed by atoms with van der Waals surface area (Å²) < 4.78 is 2.69. The fraction of sp³-hybridized carbons (Fsp3) is 0.0400. The second kappa shape index (κ2) is 7.57. The summed E-state index contributed by atoms with van der Waals surface area (Å²) in [5.74, 6) is 0.600. The summed E-state index contributed by atoms with van der Waals surface area (Å²) in [4.78, 5) is 21.5. The van der Waals surface area contributed by atoms with Gasteiger partial charge in [0.2, 0.25) is 0 Å². The average molecular weight is 503 g/mol. The van der Waals surface area contributed by atoms with E-state index in [4.69, 9.17) is 4.98 Å². The molecule has 0 bridgehead atoms. The Morgan fingerprint density at radius 3 is 2.60 bits per heavy atom. The van der Waals surface area contributed by atoms with Gasteiger partial charge in [0.05, 0.1) is 16.6 Å². The highest BCUT2D eigenvalue weighted by atomic mass is 127. The standard InChI is InChI=1S/C25H18IN3O/c1-16-6-10-19(11-7-16)29-24(28-23-12-9-18(26)14-21(23)25(29)30)13-8-17-15-27-22-5-3-2-4-20(17)22/h2-15,27H,1H3. The minimum atomic E-state index is -0.0686. The van der Waals surface area contributed by atoms with E-state index in [2.05, 4.69) is 33.6 Å². The number of hydrogen-bond acceptors (Lipinski definition) is 2. The molecule has 0 unspecified atom stereocenters. The van der Waals surface area contributed by atoms with Crippen molar-refractivity contribution in [2.45, 2.75) is 6.92 Å². The van der Waals surface area contributed by atoms with Gasteiger partial charge in [-0.1, -0.05) is 35.9 Å². The number of nitrogens with zero attached hydrogens (tertiary/aromatic N) is 2. The third-order valence-corrected chi connectivity index (χ3v) is 5.85. The van der Waals surface area contributed by atoms with E-state index in [9.17, 15) is 4.79 Å². The zero-order chi connectivity index (χ0) is 20.7. The van der Waals surface area contributed by atoms with Crippen LogP contribution in [0.15, 0.2) is 77.7 Å². The Kier molecular flexibility index (Phi) is 4.75. The molecule has 4 nitrogen and oxygen atoms in total. The summed E-state index contributed by atoms with van der Waals surface area (Å²) in [7, 11) is 0. The van der Waals surface area contributed by atoms with E-state index < -0.39 is 0 Å². The maximum Gasteiger partial charge on any atom is 0.266 e. The third kappa shape index (κ3) is 3.35. The first kappa shape index (κ1) is 18.8. The van der Waals surface area contributed by atoms with Crippen molar-refractivity contribution in [3.8, 4) is 5.69 Å². The Bertz CT molecular complexity index is 1480. The summed E-state index contributed by atoms with van der Waals surface area (Å²) in [6, 6.07) is 21.9. The number of rotatable bonds is 3. The molecule has 0 spiro atoms. The summed E-state index contributed by atoms with van der Waals surface area (Å²) in [6.07, 6.45) is 5.89. The van der Waals surface area contributed by atoms with Crippen molar-refractivity contribution in [1.29, 1.82) is 0 Å².